The number of ether oxygens (including phenoxy) is 1. The highest BCUT2D eigenvalue weighted by Crippen LogP contribution is 2.44. The average molecular weight is 697 g/mol. The number of nitrogens with zero attached hydrogens (tertiary/aromatic N) is 2. The third kappa shape index (κ3) is 5.90. The highest BCUT2D eigenvalue weighted by molar-refractivity contribution is 6.10. The number of benzene rings is 8. The van der Waals surface area contributed by atoms with E-state index >= 15 is 0 Å². The minimum atomic E-state index is 0.488. The van der Waals surface area contributed by atoms with E-state index in [0.29, 0.717) is 11.3 Å². The lowest BCUT2D eigenvalue weighted by atomic mass is 9.98. The zero-order valence-electron chi connectivity index (χ0n) is 29.8. The van der Waals surface area contributed by atoms with Crippen LogP contribution >= 0.6 is 0 Å². The Hall–Kier alpha value is -7.17. The fraction of sp³-hybridized carbons (Fsp3) is 0.0200. The molecular weight excluding hydrogens is 661 g/mol. The number of aryl methyl sites for hydroxylation is 1. The average Bonchev–Trinajstić information content (AvgIpc) is 3.57. The van der Waals surface area contributed by atoms with Crippen molar-refractivity contribution in [1.82, 2.24) is 4.57 Å². The number of carbonyl (C=O) groups excluding carboxylic acids is 1. The monoisotopic (exact) mass is 696 g/mol. The third-order valence-electron chi connectivity index (χ3n) is 10.1. The number of rotatable bonds is 9. The fourth-order valence-corrected chi connectivity index (χ4v) is 7.49. The molecule has 0 saturated heterocycles. The summed E-state index contributed by atoms with van der Waals surface area (Å²) in [6, 6.07) is 66.7. The van der Waals surface area contributed by atoms with Gasteiger partial charge in [-0.1, -0.05) is 121 Å². The van der Waals surface area contributed by atoms with Gasteiger partial charge in [0.05, 0.1) is 16.6 Å². The van der Waals surface area contributed by atoms with Crippen molar-refractivity contribution in [2.45, 2.75) is 6.92 Å². The molecular formula is C50H36N2O2. The van der Waals surface area contributed by atoms with Crippen LogP contribution in [0.5, 0.6) is 11.5 Å². The minimum absolute atomic E-state index is 0.488. The molecule has 8 aromatic carbocycles. The Bertz CT molecular complexity index is 2710. The zero-order chi connectivity index (χ0) is 36.4. The maximum Gasteiger partial charge on any atom is 0.153 e. The summed E-state index contributed by atoms with van der Waals surface area (Å²) >= 11 is 0. The Kier molecular flexibility index (Phi) is 8.54. The maximum absolute atomic E-state index is 12.6. The number of hydrogen-bond donors (Lipinski definition) is 0. The zero-order valence-corrected chi connectivity index (χ0v) is 29.8. The van der Waals surface area contributed by atoms with Crippen molar-refractivity contribution in [1.29, 1.82) is 0 Å². The summed E-state index contributed by atoms with van der Waals surface area (Å²) in [6.07, 6.45) is 0.877. The Labute approximate surface area is 314 Å². The van der Waals surface area contributed by atoms with Crippen molar-refractivity contribution in [3.05, 3.63) is 205 Å². The Balaban J connectivity index is 1.13. The number of para-hydroxylation sites is 6. The van der Waals surface area contributed by atoms with Crippen LogP contribution in [0.4, 0.5) is 17.1 Å². The molecule has 0 amide bonds. The van der Waals surface area contributed by atoms with Crippen molar-refractivity contribution in [2.75, 3.05) is 4.90 Å². The summed E-state index contributed by atoms with van der Waals surface area (Å²) in [5.74, 6) is 1.25. The van der Waals surface area contributed by atoms with E-state index in [1.54, 1.807) is 0 Å². The summed E-state index contributed by atoms with van der Waals surface area (Å²) < 4.78 is 9.26. The molecule has 0 fully saturated rings. The van der Waals surface area contributed by atoms with Crippen molar-refractivity contribution >= 4 is 45.2 Å². The van der Waals surface area contributed by atoms with E-state index < -0.39 is 0 Å². The second kappa shape index (κ2) is 14.1. The lowest BCUT2D eigenvalue weighted by Crippen LogP contribution is -2.09. The predicted octanol–water partition coefficient (Wildman–Crippen LogP) is 13.5. The summed E-state index contributed by atoms with van der Waals surface area (Å²) in [5.41, 5.74) is 11.8. The van der Waals surface area contributed by atoms with Crippen LogP contribution in [0.25, 0.3) is 49.7 Å². The van der Waals surface area contributed by atoms with Gasteiger partial charge in [-0.15, -0.1) is 0 Å². The van der Waals surface area contributed by atoms with Crippen LogP contribution in [0.1, 0.15) is 15.9 Å². The van der Waals surface area contributed by atoms with Gasteiger partial charge in [-0.3, -0.25) is 4.79 Å². The molecule has 258 valence electrons. The molecule has 4 heteroatoms. The first kappa shape index (κ1) is 32.7. The lowest BCUT2D eigenvalue weighted by molar-refractivity contribution is 0.112. The van der Waals surface area contributed by atoms with Crippen LogP contribution in [0.2, 0.25) is 0 Å². The third-order valence-corrected chi connectivity index (χ3v) is 10.1. The molecule has 54 heavy (non-hydrogen) atoms. The van der Waals surface area contributed by atoms with Crippen LogP contribution in [-0.4, -0.2) is 10.9 Å². The van der Waals surface area contributed by atoms with Gasteiger partial charge in [0.25, 0.3) is 0 Å². The summed E-state index contributed by atoms with van der Waals surface area (Å²) in [6.45, 7) is 2.05. The molecule has 1 aromatic heterocycles. The number of fused-ring (bicyclic) bond motifs is 3. The number of aromatic nitrogens is 1. The first-order valence-corrected chi connectivity index (χ1v) is 18.1. The SMILES string of the molecule is Cc1cccc(-c2ccc3c(c2)c2ccccc2n3-c2ccccc2)c1Oc1c(C=O)cccc1-c1ccc(N(c2ccccc2)c2ccccc2)cc1. The van der Waals surface area contributed by atoms with Gasteiger partial charge in [0.2, 0.25) is 0 Å². The van der Waals surface area contributed by atoms with E-state index in [1.165, 1.54) is 5.39 Å². The first-order valence-electron chi connectivity index (χ1n) is 18.1. The van der Waals surface area contributed by atoms with Gasteiger partial charge in [0.15, 0.2) is 6.29 Å². The van der Waals surface area contributed by atoms with Gasteiger partial charge in [-0.25, -0.2) is 0 Å². The Morgan fingerprint density at radius 2 is 1.04 bits per heavy atom. The first-order chi connectivity index (χ1) is 26.7. The van der Waals surface area contributed by atoms with E-state index in [4.69, 9.17) is 4.74 Å². The Morgan fingerprint density at radius 3 is 1.72 bits per heavy atom. The summed E-state index contributed by atoms with van der Waals surface area (Å²) in [4.78, 5) is 14.8. The molecule has 9 rings (SSSR count). The predicted molar refractivity (Wildman–Crippen MR) is 223 cm³/mol. The number of hydrogen-bond acceptors (Lipinski definition) is 3. The highest BCUT2D eigenvalue weighted by Gasteiger charge is 2.20. The fourth-order valence-electron chi connectivity index (χ4n) is 7.49. The molecule has 1 heterocycles. The highest BCUT2D eigenvalue weighted by atomic mass is 16.5. The quantitative estimate of drug-likeness (QED) is 0.141. The molecule has 0 unspecified atom stereocenters. The molecule has 0 N–H and O–H groups in total. The largest absolute Gasteiger partial charge is 0.455 e. The normalized spacial score (nSPS) is 11.1. The van der Waals surface area contributed by atoms with Crippen molar-refractivity contribution in [2.24, 2.45) is 0 Å². The maximum atomic E-state index is 12.6. The van der Waals surface area contributed by atoms with Crippen LogP contribution in [-0.2, 0) is 0 Å². The number of anilines is 3. The molecule has 0 spiro atoms. The van der Waals surface area contributed by atoms with Crippen LogP contribution in [0.3, 0.4) is 0 Å². The number of carbonyl (C=O) groups is 1. The smallest absolute Gasteiger partial charge is 0.153 e. The second-order valence-electron chi connectivity index (χ2n) is 13.4. The van der Waals surface area contributed by atoms with Crippen molar-refractivity contribution in [3.8, 4) is 39.4 Å². The van der Waals surface area contributed by atoms with Crippen LogP contribution < -0.4 is 9.64 Å². The lowest BCUT2D eigenvalue weighted by Gasteiger charge is -2.25. The standard InChI is InChI=1S/C50H36N2O2/c1-35-15-13-24-44(37-29-32-48-46(33-37)45-23-11-12-26-47(45)52(48)41-21-9-4-10-22-41)49(35)54-50-38(34-53)16-14-25-43(50)36-27-30-42(31-28-36)51(39-17-5-2-6-18-39)40-19-7-3-8-20-40/h2-34H,1H3. The van der Waals surface area contributed by atoms with Gasteiger partial charge < -0.3 is 14.2 Å². The molecule has 0 radical (unpaired) electrons. The van der Waals surface area contributed by atoms with Crippen molar-refractivity contribution in [3.63, 3.8) is 0 Å². The van der Waals surface area contributed by atoms with E-state index in [2.05, 4.69) is 174 Å². The van der Waals surface area contributed by atoms with Gasteiger partial charge in [-0.05, 0) is 96.4 Å². The molecule has 0 aliphatic rings. The van der Waals surface area contributed by atoms with Crippen LogP contribution in [0, 0.1) is 6.92 Å². The van der Waals surface area contributed by atoms with E-state index in [9.17, 15) is 4.79 Å². The topological polar surface area (TPSA) is 34.5 Å². The molecule has 4 nitrogen and oxygen atoms in total. The number of aldehydes is 1. The molecule has 9 aromatic rings. The molecule has 0 bridgehead atoms. The van der Waals surface area contributed by atoms with Gasteiger partial charge in [-0.2, -0.15) is 0 Å². The molecule has 0 atom stereocenters. The minimum Gasteiger partial charge on any atom is -0.455 e. The van der Waals surface area contributed by atoms with Crippen LogP contribution in [0.15, 0.2) is 194 Å². The van der Waals surface area contributed by atoms with Gasteiger partial charge >= 0.3 is 0 Å². The molecule has 0 aliphatic heterocycles. The van der Waals surface area contributed by atoms with Crippen molar-refractivity contribution < 1.29 is 9.53 Å². The second-order valence-corrected chi connectivity index (χ2v) is 13.4. The van der Waals surface area contributed by atoms with Gasteiger partial charge in [0.1, 0.15) is 11.5 Å². The van der Waals surface area contributed by atoms with E-state index in [-0.39, 0.29) is 0 Å². The summed E-state index contributed by atoms with van der Waals surface area (Å²) in [7, 11) is 0. The van der Waals surface area contributed by atoms with E-state index in [1.807, 2.05) is 36.4 Å². The van der Waals surface area contributed by atoms with E-state index in [0.717, 1.165) is 79.0 Å². The molecule has 0 saturated carbocycles. The Morgan fingerprint density at radius 1 is 0.481 bits per heavy atom. The summed E-state index contributed by atoms with van der Waals surface area (Å²) in [5, 5.41) is 2.34. The van der Waals surface area contributed by atoms with Gasteiger partial charge in [0, 0.05) is 44.6 Å². The molecule has 0 aliphatic carbocycles.